The molecule has 2 N–H and O–H groups in total. The summed E-state index contributed by atoms with van der Waals surface area (Å²) in [5.74, 6) is -0.698. The third-order valence-electron chi connectivity index (χ3n) is 4.98. The third-order valence-corrected chi connectivity index (χ3v) is 5.23. The predicted octanol–water partition coefficient (Wildman–Crippen LogP) is 4.96. The monoisotopic (exact) mass is 450 g/mol. The maximum absolute atomic E-state index is 13.9. The van der Waals surface area contributed by atoms with Gasteiger partial charge in [-0.2, -0.15) is 0 Å². The molecule has 4 aromatic rings. The van der Waals surface area contributed by atoms with E-state index in [9.17, 15) is 14.0 Å². The molecule has 0 aliphatic rings. The van der Waals surface area contributed by atoms with Crippen LogP contribution in [0.4, 0.5) is 10.1 Å². The van der Waals surface area contributed by atoms with Crippen LogP contribution < -0.4 is 10.6 Å². The molecule has 0 bridgehead atoms. The maximum atomic E-state index is 13.9. The van der Waals surface area contributed by atoms with Gasteiger partial charge in [-0.3, -0.25) is 9.59 Å². The lowest BCUT2D eigenvalue weighted by molar-refractivity contribution is -0.116. The number of para-hydroxylation sites is 3. The average Bonchev–Trinajstić information content (AvgIpc) is 3.14. The highest BCUT2D eigenvalue weighted by atomic mass is 35.5. The number of carbonyl (C=O) groups is 2. The minimum atomic E-state index is -0.514. The first-order valence-corrected chi connectivity index (χ1v) is 10.4. The normalized spacial score (nSPS) is 11.8. The highest BCUT2D eigenvalue weighted by Gasteiger charge is 2.21. The van der Waals surface area contributed by atoms with Crippen molar-refractivity contribution in [1.29, 1.82) is 0 Å². The summed E-state index contributed by atoms with van der Waals surface area (Å²) in [6.45, 7) is 1.70. The van der Waals surface area contributed by atoms with Crippen molar-refractivity contribution in [3.8, 4) is 0 Å². The van der Waals surface area contributed by atoms with Gasteiger partial charge in [0, 0.05) is 10.6 Å². The lowest BCUT2D eigenvalue weighted by atomic mass is 10.2. The molecule has 0 saturated carbocycles. The molecule has 0 spiro atoms. The Kier molecular flexibility index (Phi) is 6.18. The summed E-state index contributed by atoms with van der Waals surface area (Å²) in [6, 6.07) is 19.4. The molecule has 3 aromatic carbocycles. The van der Waals surface area contributed by atoms with E-state index in [1.54, 1.807) is 47.9 Å². The minimum Gasteiger partial charge on any atom is -0.342 e. The van der Waals surface area contributed by atoms with E-state index < -0.39 is 17.8 Å². The Bertz CT molecular complexity index is 1290. The van der Waals surface area contributed by atoms with Gasteiger partial charge in [0.2, 0.25) is 5.91 Å². The topological polar surface area (TPSA) is 76.0 Å². The van der Waals surface area contributed by atoms with Crippen LogP contribution >= 0.6 is 11.6 Å². The van der Waals surface area contributed by atoms with E-state index in [1.165, 1.54) is 12.1 Å². The number of benzene rings is 3. The number of rotatable bonds is 6. The molecule has 32 heavy (non-hydrogen) atoms. The molecule has 1 unspecified atom stereocenters. The second-order valence-corrected chi connectivity index (χ2v) is 7.71. The number of hydrogen-bond donors (Lipinski definition) is 2. The standard InChI is InChI=1S/C24H20ClFN4O2/c1-15(27-24(32)16-10-12-17(25)13-11-16)23-29-20-8-4-5-9-21(20)30(23)14-22(31)28-19-7-3-2-6-18(19)26/h2-13,15H,14H2,1H3,(H,27,32)(H,28,31). The molecule has 0 aliphatic heterocycles. The molecule has 162 valence electrons. The Morgan fingerprint density at radius 3 is 2.47 bits per heavy atom. The van der Waals surface area contributed by atoms with Gasteiger partial charge in [0.15, 0.2) is 0 Å². The highest BCUT2D eigenvalue weighted by molar-refractivity contribution is 6.30. The van der Waals surface area contributed by atoms with Crippen LogP contribution in [0.1, 0.15) is 29.1 Å². The van der Waals surface area contributed by atoms with Crippen LogP contribution in [-0.2, 0) is 11.3 Å². The second kappa shape index (κ2) is 9.20. The molecular weight excluding hydrogens is 431 g/mol. The van der Waals surface area contributed by atoms with Gasteiger partial charge in [0.1, 0.15) is 18.2 Å². The lowest BCUT2D eigenvalue weighted by Gasteiger charge is -2.16. The third kappa shape index (κ3) is 4.63. The van der Waals surface area contributed by atoms with E-state index in [-0.39, 0.29) is 18.1 Å². The fraction of sp³-hybridized carbons (Fsp3) is 0.125. The number of nitrogens with zero attached hydrogens (tertiary/aromatic N) is 2. The van der Waals surface area contributed by atoms with Crippen molar-refractivity contribution in [1.82, 2.24) is 14.9 Å². The van der Waals surface area contributed by atoms with Crippen molar-refractivity contribution in [3.05, 3.63) is 95.0 Å². The smallest absolute Gasteiger partial charge is 0.251 e. The Labute approximate surface area is 189 Å². The Balaban J connectivity index is 1.59. The van der Waals surface area contributed by atoms with Gasteiger partial charge in [0.05, 0.1) is 22.8 Å². The lowest BCUT2D eigenvalue weighted by Crippen LogP contribution is -2.30. The zero-order chi connectivity index (χ0) is 22.7. The summed E-state index contributed by atoms with van der Waals surface area (Å²) in [4.78, 5) is 30.0. The molecule has 1 atom stereocenters. The largest absolute Gasteiger partial charge is 0.342 e. The van der Waals surface area contributed by atoms with Gasteiger partial charge in [-0.25, -0.2) is 9.37 Å². The number of imidazole rings is 1. The van der Waals surface area contributed by atoms with E-state index in [0.717, 1.165) is 5.52 Å². The SMILES string of the molecule is CC(NC(=O)c1ccc(Cl)cc1)c1nc2ccccc2n1CC(=O)Nc1ccccc1F. The van der Waals surface area contributed by atoms with Gasteiger partial charge in [0.25, 0.3) is 5.91 Å². The quantitative estimate of drug-likeness (QED) is 0.436. The fourth-order valence-electron chi connectivity index (χ4n) is 3.43. The molecule has 6 nitrogen and oxygen atoms in total. The second-order valence-electron chi connectivity index (χ2n) is 7.27. The van der Waals surface area contributed by atoms with Crippen LogP contribution in [0.5, 0.6) is 0 Å². The van der Waals surface area contributed by atoms with Gasteiger partial charge in [-0.1, -0.05) is 35.9 Å². The van der Waals surface area contributed by atoms with E-state index in [4.69, 9.17) is 11.6 Å². The number of carbonyl (C=O) groups excluding carboxylic acids is 2. The van der Waals surface area contributed by atoms with Crippen LogP contribution in [0.25, 0.3) is 11.0 Å². The molecular formula is C24H20ClFN4O2. The van der Waals surface area contributed by atoms with E-state index in [1.807, 2.05) is 24.3 Å². The number of hydrogen-bond acceptors (Lipinski definition) is 3. The molecule has 1 heterocycles. The Morgan fingerprint density at radius 2 is 1.72 bits per heavy atom. The number of amides is 2. The van der Waals surface area contributed by atoms with Crippen molar-refractivity contribution in [2.45, 2.75) is 19.5 Å². The number of fused-ring (bicyclic) bond motifs is 1. The number of aromatic nitrogens is 2. The minimum absolute atomic E-state index is 0.0919. The van der Waals surface area contributed by atoms with Crippen LogP contribution in [0, 0.1) is 5.82 Å². The summed E-state index contributed by atoms with van der Waals surface area (Å²) in [6.07, 6.45) is 0. The average molecular weight is 451 g/mol. The Hall–Kier alpha value is -3.71. The summed E-state index contributed by atoms with van der Waals surface area (Å²) in [7, 11) is 0. The summed E-state index contributed by atoms with van der Waals surface area (Å²) >= 11 is 5.89. The first-order chi connectivity index (χ1) is 15.4. The molecule has 0 aliphatic carbocycles. The summed E-state index contributed by atoms with van der Waals surface area (Å²) in [5.41, 5.74) is 1.99. The molecule has 1 aromatic heterocycles. The van der Waals surface area contributed by atoms with Crippen molar-refractivity contribution >= 4 is 40.1 Å². The zero-order valence-corrected chi connectivity index (χ0v) is 17.9. The van der Waals surface area contributed by atoms with Crippen LogP contribution in [0.2, 0.25) is 5.02 Å². The molecule has 0 saturated heterocycles. The fourth-order valence-corrected chi connectivity index (χ4v) is 3.56. The zero-order valence-electron chi connectivity index (χ0n) is 17.2. The first kappa shape index (κ1) is 21.5. The molecule has 0 fully saturated rings. The van der Waals surface area contributed by atoms with Crippen molar-refractivity contribution in [3.63, 3.8) is 0 Å². The van der Waals surface area contributed by atoms with Gasteiger partial charge < -0.3 is 15.2 Å². The van der Waals surface area contributed by atoms with Gasteiger partial charge >= 0.3 is 0 Å². The molecule has 4 rings (SSSR count). The predicted molar refractivity (Wildman–Crippen MR) is 122 cm³/mol. The molecule has 2 amide bonds. The van der Waals surface area contributed by atoms with E-state index >= 15 is 0 Å². The molecule has 8 heteroatoms. The van der Waals surface area contributed by atoms with Crippen LogP contribution in [0.15, 0.2) is 72.8 Å². The van der Waals surface area contributed by atoms with Crippen LogP contribution in [0.3, 0.4) is 0 Å². The summed E-state index contributed by atoms with van der Waals surface area (Å²) < 4.78 is 15.6. The van der Waals surface area contributed by atoms with Crippen LogP contribution in [-0.4, -0.2) is 21.4 Å². The van der Waals surface area contributed by atoms with Crippen molar-refractivity contribution < 1.29 is 14.0 Å². The number of nitrogens with one attached hydrogen (secondary N) is 2. The van der Waals surface area contributed by atoms with Crippen molar-refractivity contribution in [2.75, 3.05) is 5.32 Å². The maximum Gasteiger partial charge on any atom is 0.251 e. The van der Waals surface area contributed by atoms with Crippen molar-refractivity contribution in [2.24, 2.45) is 0 Å². The highest BCUT2D eigenvalue weighted by Crippen LogP contribution is 2.22. The van der Waals surface area contributed by atoms with Gasteiger partial charge in [-0.05, 0) is 55.5 Å². The summed E-state index contributed by atoms with van der Waals surface area (Å²) in [5, 5.41) is 6.04. The van der Waals surface area contributed by atoms with E-state index in [2.05, 4.69) is 15.6 Å². The first-order valence-electron chi connectivity index (χ1n) is 9.98. The van der Waals surface area contributed by atoms with E-state index in [0.29, 0.717) is 21.9 Å². The Morgan fingerprint density at radius 1 is 1.03 bits per heavy atom. The van der Waals surface area contributed by atoms with Gasteiger partial charge in [-0.15, -0.1) is 0 Å². The number of halogens is 2. The number of anilines is 1. The molecule has 0 radical (unpaired) electrons.